The molecule has 0 radical (unpaired) electrons. The van der Waals surface area contributed by atoms with Crippen LogP contribution in [-0.4, -0.2) is 28.8 Å². The average Bonchev–Trinajstić information content (AvgIpc) is 3.71. The Balaban J connectivity index is 1.83. The second kappa shape index (κ2) is 9.57. The third-order valence-electron chi connectivity index (χ3n) is 6.87. The van der Waals surface area contributed by atoms with Crippen LogP contribution < -0.4 is 5.43 Å². The van der Waals surface area contributed by atoms with Crippen molar-refractivity contribution in [3.8, 4) is 0 Å². The molecule has 0 atom stereocenters. The van der Waals surface area contributed by atoms with Crippen LogP contribution in [0.4, 0.5) is 4.39 Å². The molecule has 0 amide bonds. The molecule has 0 fully saturated rings. The maximum Gasteiger partial charge on any atom is 0.193 e. The van der Waals surface area contributed by atoms with E-state index in [1.807, 2.05) is 29.8 Å². The Bertz CT molecular complexity index is 1500. The maximum atomic E-state index is 15.5. The summed E-state index contributed by atoms with van der Waals surface area (Å²) in [5, 5.41) is 0. The number of hydrogen-bond acceptors (Lipinski definition) is 3. The Morgan fingerprint density at radius 1 is 1.03 bits per heavy atom. The van der Waals surface area contributed by atoms with Crippen molar-refractivity contribution < 1.29 is 9.18 Å². The van der Waals surface area contributed by atoms with Crippen LogP contribution in [0, 0.1) is 18.7 Å². The number of rotatable bonds is 6. The minimum atomic E-state index is -0.324. The summed E-state index contributed by atoms with van der Waals surface area (Å²) in [6.07, 6.45) is 8.16. The van der Waals surface area contributed by atoms with Crippen LogP contribution in [0.5, 0.6) is 0 Å². The van der Waals surface area contributed by atoms with Gasteiger partial charge in [0, 0.05) is 43.5 Å². The summed E-state index contributed by atoms with van der Waals surface area (Å²) in [6.45, 7) is 5.39. The lowest BCUT2D eigenvalue weighted by Gasteiger charge is -2.35. The number of likely N-dealkylation sites (N-methyl/N-ethyl adjacent to an activating group) is 1. The van der Waals surface area contributed by atoms with Gasteiger partial charge in [0.2, 0.25) is 0 Å². The van der Waals surface area contributed by atoms with Crippen molar-refractivity contribution in [3.63, 3.8) is 0 Å². The van der Waals surface area contributed by atoms with Crippen molar-refractivity contribution in [1.29, 1.82) is 0 Å². The molecule has 0 bridgehead atoms. The number of fused-ring (bicyclic) bond motifs is 1. The van der Waals surface area contributed by atoms with Crippen molar-refractivity contribution in [1.82, 2.24) is 9.47 Å². The second-order valence-corrected chi connectivity index (χ2v) is 9.37. The first-order valence-electron chi connectivity index (χ1n) is 12.3. The summed E-state index contributed by atoms with van der Waals surface area (Å²) < 4.78 is 17.4. The SMILES string of the molecule is CC/C=C(/C(=C1/c2cc(=O)c(C(=O)C3C=C3)cn2CCN1C)c1ccccc1F)c1ccccc1C. The minimum absolute atomic E-state index is 0.166. The molecule has 2 aliphatic rings. The highest BCUT2D eigenvalue weighted by Crippen LogP contribution is 2.42. The monoisotopic (exact) mass is 480 g/mol. The van der Waals surface area contributed by atoms with Crippen molar-refractivity contribution >= 4 is 22.6 Å². The summed E-state index contributed by atoms with van der Waals surface area (Å²) in [4.78, 5) is 28.0. The van der Waals surface area contributed by atoms with E-state index in [2.05, 4.69) is 37.0 Å². The van der Waals surface area contributed by atoms with Gasteiger partial charge in [-0.05, 0) is 36.1 Å². The predicted octanol–water partition coefficient (Wildman–Crippen LogP) is 5.97. The molecule has 2 heterocycles. The molecule has 1 aliphatic carbocycles. The molecule has 0 spiro atoms. The standard InChI is InChI=1S/C31H29FN2O2/c1-4-9-23(22-11-6-5-10-20(22)2)29(24-12-7-8-13-26(24)32)30-27-18-28(35)25(31(36)21-14-15-21)19-34(27)17-16-33(30)3/h5-15,18-19,21H,4,16-17H2,1-3H3/b23-9+,30-29+. The number of nitrogens with zero attached hydrogens (tertiary/aromatic N) is 2. The highest BCUT2D eigenvalue weighted by atomic mass is 19.1. The predicted molar refractivity (Wildman–Crippen MR) is 143 cm³/mol. The molecule has 3 aromatic rings. The number of hydrogen-bond donors (Lipinski definition) is 0. The second-order valence-electron chi connectivity index (χ2n) is 9.37. The molecule has 2 aromatic carbocycles. The zero-order chi connectivity index (χ0) is 25.4. The Morgan fingerprint density at radius 3 is 2.39 bits per heavy atom. The molecule has 5 heteroatoms. The number of Topliss-reactive ketones (excluding diaryl/α,β-unsaturated/α-hetero) is 1. The van der Waals surface area contributed by atoms with E-state index in [1.54, 1.807) is 36.5 Å². The highest BCUT2D eigenvalue weighted by Gasteiger charge is 2.30. The van der Waals surface area contributed by atoms with Gasteiger partial charge in [-0.15, -0.1) is 0 Å². The van der Waals surface area contributed by atoms with E-state index < -0.39 is 0 Å². The number of aromatic nitrogens is 1. The molecule has 182 valence electrons. The van der Waals surface area contributed by atoms with Crippen LogP contribution >= 0.6 is 0 Å². The van der Waals surface area contributed by atoms with E-state index in [1.165, 1.54) is 6.07 Å². The highest BCUT2D eigenvalue weighted by molar-refractivity contribution is 6.14. The van der Waals surface area contributed by atoms with Gasteiger partial charge < -0.3 is 9.47 Å². The third-order valence-corrected chi connectivity index (χ3v) is 6.87. The normalized spacial score (nSPS) is 16.7. The van der Waals surface area contributed by atoms with E-state index >= 15 is 4.39 Å². The lowest BCUT2D eigenvalue weighted by molar-refractivity contribution is 0.0975. The van der Waals surface area contributed by atoms with Crippen LogP contribution in [0.25, 0.3) is 16.8 Å². The van der Waals surface area contributed by atoms with Crippen LogP contribution in [0.1, 0.15) is 46.1 Å². The van der Waals surface area contributed by atoms with Gasteiger partial charge in [0.15, 0.2) is 11.2 Å². The molecular weight excluding hydrogens is 451 g/mol. The van der Waals surface area contributed by atoms with Gasteiger partial charge >= 0.3 is 0 Å². The van der Waals surface area contributed by atoms with Gasteiger partial charge in [-0.3, -0.25) is 9.59 Å². The molecule has 1 aliphatic heterocycles. The van der Waals surface area contributed by atoms with Gasteiger partial charge in [0.1, 0.15) is 5.82 Å². The molecule has 4 nitrogen and oxygen atoms in total. The Morgan fingerprint density at radius 2 is 1.72 bits per heavy atom. The summed E-state index contributed by atoms with van der Waals surface area (Å²) in [6, 6.07) is 16.4. The van der Waals surface area contributed by atoms with Gasteiger partial charge in [-0.25, -0.2) is 4.39 Å². The fourth-order valence-corrected chi connectivity index (χ4v) is 4.93. The van der Waals surface area contributed by atoms with Crippen molar-refractivity contribution in [3.05, 3.63) is 123 Å². The van der Waals surface area contributed by atoms with Crippen LogP contribution in [0.15, 0.2) is 83.8 Å². The zero-order valence-electron chi connectivity index (χ0n) is 20.8. The van der Waals surface area contributed by atoms with Crippen molar-refractivity contribution in [2.75, 3.05) is 13.6 Å². The number of pyridine rings is 1. The maximum absolute atomic E-state index is 15.5. The van der Waals surface area contributed by atoms with E-state index in [4.69, 9.17) is 0 Å². The van der Waals surface area contributed by atoms with Crippen molar-refractivity contribution in [2.24, 2.45) is 5.92 Å². The average molecular weight is 481 g/mol. The molecule has 36 heavy (non-hydrogen) atoms. The topological polar surface area (TPSA) is 42.3 Å². The van der Waals surface area contributed by atoms with Gasteiger partial charge in [0.25, 0.3) is 0 Å². The van der Waals surface area contributed by atoms with Gasteiger partial charge in [0.05, 0.1) is 22.9 Å². The van der Waals surface area contributed by atoms with E-state index in [0.717, 1.165) is 34.4 Å². The van der Waals surface area contributed by atoms with Crippen LogP contribution in [0.3, 0.4) is 0 Å². The Kier molecular flexibility index (Phi) is 6.31. The number of ketones is 1. The first kappa shape index (κ1) is 23.7. The summed E-state index contributed by atoms with van der Waals surface area (Å²) in [5.74, 6) is -0.762. The molecule has 5 rings (SSSR count). The van der Waals surface area contributed by atoms with Crippen LogP contribution in [-0.2, 0) is 6.54 Å². The molecular formula is C31H29FN2O2. The van der Waals surface area contributed by atoms with E-state index in [-0.39, 0.29) is 28.5 Å². The fraction of sp³-hybridized carbons (Fsp3) is 0.226. The number of benzene rings is 2. The minimum Gasteiger partial charge on any atom is -0.371 e. The molecule has 1 aromatic heterocycles. The van der Waals surface area contributed by atoms with Crippen LogP contribution in [0.2, 0.25) is 0 Å². The number of aryl methyl sites for hydroxylation is 1. The third kappa shape index (κ3) is 4.26. The summed E-state index contributed by atoms with van der Waals surface area (Å²) in [5.41, 5.74) is 5.59. The fourth-order valence-electron chi connectivity index (χ4n) is 4.93. The van der Waals surface area contributed by atoms with Gasteiger partial charge in [-0.1, -0.05) is 67.6 Å². The van der Waals surface area contributed by atoms with E-state index in [0.29, 0.717) is 24.3 Å². The van der Waals surface area contributed by atoms with E-state index in [9.17, 15) is 9.59 Å². The largest absolute Gasteiger partial charge is 0.371 e. The van der Waals surface area contributed by atoms with Gasteiger partial charge in [-0.2, -0.15) is 0 Å². The number of allylic oxidation sites excluding steroid dienone is 5. The lowest BCUT2D eigenvalue weighted by Crippen LogP contribution is -2.33. The molecule has 0 saturated heterocycles. The first-order chi connectivity index (χ1) is 17.4. The number of carbonyl (C=O) groups is 1. The zero-order valence-corrected chi connectivity index (χ0v) is 20.8. The number of halogens is 1. The molecule has 0 N–H and O–H groups in total. The molecule has 0 saturated carbocycles. The Labute approximate surface area is 210 Å². The quantitative estimate of drug-likeness (QED) is 0.322. The Hall–Kier alpha value is -3.99. The summed E-state index contributed by atoms with van der Waals surface area (Å²) in [7, 11) is 1.97. The molecule has 0 unspecified atom stereocenters. The smallest absolute Gasteiger partial charge is 0.193 e. The summed E-state index contributed by atoms with van der Waals surface area (Å²) >= 11 is 0. The lowest BCUT2D eigenvalue weighted by atomic mass is 9.86. The number of carbonyl (C=O) groups excluding carboxylic acids is 1. The first-order valence-corrected chi connectivity index (χ1v) is 12.3. The van der Waals surface area contributed by atoms with Crippen molar-refractivity contribution in [2.45, 2.75) is 26.8 Å².